The summed E-state index contributed by atoms with van der Waals surface area (Å²) in [5.41, 5.74) is 4.44. The number of fused-ring (bicyclic) bond motifs is 3. The van der Waals surface area contributed by atoms with Crippen LogP contribution in [0.2, 0.25) is 0 Å². The number of H-pyrrole nitrogens is 1. The Morgan fingerprint density at radius 1 is 0.933 bits per heavy atom. The van der Waals surface area contributed by atoms with E-state index in [9.17, 15) is 13.2 Å². The van der Waals surface area contributed by atoms with Gasteiger partial charge in [-0.1, -0.05) is 0 Å². The number of nitrogens with zero attached hydrogens (tertiary/aromatic N) is 3. The van der Waals surface area contributed by atoms with E-state index >= 15 is 0 Å². The third-order valence-corrected chi connectivity index (χ3v) is 8.53. The molecule has 1 N–H and O–H groups in total. The second kappa shape index (κ2) is 7.96. The molecule has 30 heavy (non-hydrogen) atoms. The van der Waals surface area contributed by atoms with Crippen molar-refractivity contribution in [2.24, 2.45) is 0 Å². The molecule has 2 fully saturated rings. The van der Waals surface area contributed by atoms with E-state index in [2.05, 4.69) is 4.98 Å². The van der Waals surface area contributed by atoms with Crippen molar-refractivity contribution in [3.8, 4) is 0 Å². The highest BCUT2D eigenvalue weighted by atomic mass is 32.2. The third kappa shape index (κ3) is 3.53. The molecule has 1 aromatic carbocycles. The van der Waals surface area contributed by atoms with E-state index < -0.39 is 10.2 Å². The molecule has 3 heterocycles. The van der Waals surface area contributed by atoms with Gasteiger partial charge in [0.15, 0.2) is 0 Å². The number of benzene rings is 1. The van der Waals surface area contributed by atoms with Crippen LogP contribution in [0.15, 0.2) is 18.2 Å². The van der Waals surface area contributed by atoms with Gasteiger partial charge in [-0.05, 0) is 49.4 Å². The van der Waals surface area contributed by atoms with Gasteiger partial charge in [-0.25, -0.2) is 0 Å². The Morgan fingerprint density at radius 3 is 2.40 bits per heavy atom. The highest BCUT2D eigenvalue weighted by Gasteiger charge is 2.34. The smallest absolute Gasteiger partial charge is 0.282 e. The number of aromatic amines is 1. The van der Waals surface area contributed by atoms with Crippen molar-refractivity contribution in [2.45, 2.75) is 25.7 Å². The summed E-state index contributed by atoms with van der Waals surface area (Å²) in [6.45, 7) is 3.12. The van der Waals surface area contributed by atoms with Crippen LogP contribution < -0.4 is 0 Å². The predicted molar refractivity (Wildman–Crippen MR) is 114 cm³/mol. The Bertz CT molecular complexity index is 1050. The van der Waals surface area contributed by atoms with Crippen LogP contribution in [0.4, 0.5) is 0 Å². The third-order valence-electron chi connectivity index (χ3n) is 6.49. The van der Waals surface area contributed by atoms with Crippen molar-refractivity contribution in [3.63, 3.8) is 0 Å². The van der Waals surface area contributed by atoms with Gasteiger partial charge in [-0.15, -0.1) is 0 Å². The first-order valence-corrected chi connectivity index (χ1v) is 12.2. The largest absolute Gasteiger partial charge is 0.379 e. The molecule has 1 amide bonds. The van der Waals surface area contributed by atoms with Crippen LogP contribution in [0.3, 0.4) is 0 Å². The first-order chi connectivity index (χ1) is 14.5. The van der Waals surface area contributed by atoms with Crippen molar-refractivity contribution >= 4 is 27.0 Å². The number of hydrogen-bond acceptors (Lipinski definition) is 4. The number of carbonyl (C=O) groups excluding carboxylic acids is 1. The second-order valence-corrected chi connectivity index (χ2v) is 10.2. The molecule has 2 saturated heterocycles. The molecule has 1 aliphatic carbocycles. The van der Waals surface area contributed by atoms with Crippen LogP contribution in [0.25, 0.3) is 10.9 Å². The van der Waals surface area contributed by atoms with Gasteiger partial charge in [0.05, 0.1) is 13.2 Å². The highest BCUT2D eigenvalue weighted by Crippen LogP contribution is 2.30. The van der Waals surface area contributed by atoms with Crippen molar-refractivity contribution in [2.75, 3.05) is 52.5 Å². The Hall–Kier alpha value is -1.94. The van der Waals surface area contributed by atoms with Crippen LogP contribution in [-0.4, -0.2) is 85.3 Å². The maximum absolute atomic E-state index is 13.1. The number of hydrogen-bond donors (Lipinski definition) is 1. The molecule has 0 saturated carbocycles. The Morgan fingerprint density at radius 2 is 1.63 bits per heavy atom. The lowest BCUT2D eigenvalue weighted by molar-refractivity contribution is 0.0636. The predicted octanol–water partition coefficient (Wildman–Crippen LogP) is 1.38. The fraction of sp³-hybridized carbons (Fsp3) is 0.571. The van der Waals surface area contributed by atoms with Gasteiger partial charge >= 0.3 is 0 Å². The lowest BCUT2D eigenvalue weighted by atomic mass is 9.95. The van der Waals surface area contributed by atoms with Crippen LogP contribution in [0.5, 0.6) is 0 Å². The van der Waals surface area contributed by atoms with Gasteiger partial charge in [0.1, 0.15) is 0 Å². The Balaban J connectivity index is 1.29. The van der Waals surface area contributed by atoms with Gasteiger partial charge in [-0.3, -0.25) is 4.79 Å². The van der Waals surface area contributed by atoms with E-state index in [0.29, 0.717) is 58.0 Å². The summed E-state index contributed by atoms with van der Waals surface area (Å²) in [5, 5.41) is 1.16. The SMILES string of the molecule is O=C(c1ccc2[nH]c3c(c2c1)CCCC3)N1CCN(S(=O)(=O)N2CCOCC2)CC1. The fourth-order valence-electron chi connectivity index (χ4n) is 4.78. The van der Waals surface area contributed by atoms with Crippen LogP contribution in [0.1, 0.15) is 34.5 Å². The standard InChI is InChI=1S/C21H28N4O4S/c26-21(16-5-6-20-18(15-16)17-3-1-2-4-19(17)22-20)23-7-9-24(10-8-23)30(27,28)25-11-13-29-14-12-25/h5-6,15,22H,1-4,7-14H2. The van der Waals surface area contributed by atoms with E-state index in [1.807, 2.05) is 18.2 Å². The lowest BCUT2D eigenvalue weighted by Gasteiger charge is -2.37. The lowest BCUT2D eigenvalue weighted by Crippen LogP contribution is -2.55. The maximum atomic E-state index is 13.1. The summed E-state index contributed by atoms with van der Waals surface area (Å²) >= 11 is 0. The van der Waals surface area contributed by atoms with E-state index in [4.69, 9.17) is 4.74 Å². The summed E-state index contributed by atoms with van der Waals surface area (Å²) in [7, 11) is -3.49. The maximum Gasteiger partial charge on any atom is 0.282 e. The second-order valence-electron chi connectivity index (χ2n) is 8.26. The van der Waals surface area contributed by atoms with Crippen molar-refractivity contribution < 1.29 is 17.9 Å². The first kappa shape index (κ1) is 20.0. The molecule has 2 aliphatic heterocycles. The summed E-state index contributed by atoms with van der Waals surface area (Å²) in [6, 6.07) is 5.89. The number of aryl methyl sites for hydroxylation is 2. The molecule has 5 rings (SSSR count). The molecule has 1 aromatic heterocycles. The number of piperazine rings is 1. The molecule has 0 radical (unpaired) electrons. The minimum atomic E-state index is -3.49. The summed E-state index contributed by atoms with van der Waals surface area (Å²) in [5.74, 6) is -0.0221. The van der Waals surface area contributed by atoms with Gasteiger partial charge in [0.25, 0.3) is 16.1 Å². The Labute approximate surface area is 176 Å². The van der Waals surface area contributed by atoms with Crippen LogP contribution in [0, 0.1) is 0 Å². The number of ether oxygens (including phenoxy) is 1. The van der Waals surface area contributed by atoms with Gasteiger partial charge in [-0.2, -0.15) is 17.0 Å². The summed E-state index contributed by atoms with van der Waals surface area (Å²) in [6.07, 6.45) is 4.54. The molecule has 0 atom stereocenters. The number of carbonyl (C=O) groups is 1. The van der Waals surface area contributed by atoms with Crippen LogP contribution in [-0.2, 0) is 27.8 Å². The zero-order valence-electron chi connectivity index (χ0n) is 17.1. The van der Waals surface area contributed by atoms with Gasteiger partial charge < -0.3 is 14.6 Å². The molecule has 9 heteroatoms. The minimum absolute atomic E-state index is 0.0221. The van der Waals surface area contributed by atoms with Crippen molar-refractivity contribution in [1.82, 2.24) is 18.5 Å². The average molecular weight is 433 g/mol. The molecular weight excluding hydrogens is 404 g/mol. The normalized spacial score (nSPS) is 21.7. The quantitative estimate of drug-likeness (QED) is 0.794. The van der Waals surface area contributed by atoms with E-state index in [1.54, 1.807) is 4.90 Å². The molecule has 0 unspecified atom stereocenters. The van der Waals surface area contributed by atoms with Gasteiger partial charge in [0, 0.05) is 61.4 Å². The minimum Gasteiger partial charge on any atom is -0.379 e. The summed E-state index contributed by atoms with van der Waals surface area (Å²) in [4.78, 5) is 18.4. The van der Waals surface area contributed by atoms with Gasteiger partial charge in [0.2, 0.25) is 0 Å². The Kier molecular flexibility index (Phi) is 5.30. The fourth-order valence-corrected chi connectivity index (χ4v) is 6.35. The number of rotatable bonds is 3. The van der Waals surface area contributed by atoms with E-state index in [-0.39, 0.29) is 5.91 Å². The molecular formula is C21H28N4O4S. The number of aromatic nitrogens is 1. The first-order valence-electron chi connectivity index (χ1n) is 10.8. The van der Waals surface area contributed by atoms with E-state index in [0.717, 1.165) is 23.7 Å². The average Bonchev–Trinajstić information content (AvgIpc) is 3.17. The van der Waals surface area contributed by atoms with Crippen LogP contribution >= 0.6 is 0 Å². The van der Waals surface area contributed by atoms with Crippen molar-refractivity contribution in [3.05, 3.63) is 35.0 Å². The number of amides is 1. The number of morpholine rings is 1. The topological polar surface area (TPSA) is 86.0 Å². The molecule has 0 bridgehead atoms. The van der Waals surface area contributed by atoms with Crippen molar-refractivity contribution in [1.29, 1.82) is 0 Å². The monoisotopic (exact) mass is 432 g/mol. The summed E-state index contributed by atoms with van der Waals surface area (Å²) < 4.78 is 33.9. The highest BCUT2D eigenvalue weighted by molar-refractivity contribution is 7.86. The molecule has 0 spiro atoms. The number of nitrogens with one attached hydrogen (secondary N) is 1. The van der Waals surface area contributed by atoms with E-state index in [1.165, 1.54) is 32.7 Å². The molecule has 162 valence electrons. The molecule has 3 aliphatic rings. The molecule has 2 aromatic rings. The molecule has 8 nitrogen and oxygen atoms in total. The zero-order valence-corrected chi connectivity index (χ0v) is 17.9. The zero-order chi connectivity index (χ0) is 20.7.